The van der Waals surface area contributed by atoms with Gasteiger partial charge in [-0.25, -0.2) is 0 Å². The van der Waals surface area contributed by atoms with Crippen LogP contribution in [-0.4, -0.2) is 59.3 Å². The molecule has 6 heteroatoms. The zero-order chi connectivity index (χ0) is 21.8. The fraction of sp³-hybridized carbons (Fsp3) is 0.480. The van der Waals surface area contributed by atoms with Crippen LogP contribution < -0.4 is 0 Å². The summed E-state index contributed by atoms with van der Waals surface area (Å²) in [6.07, 6.45) is 5.97. The minimum absolute atomic E-state index is 0.0548. The van der Waals surface area contributed by atoms with Crippen molar-refractivity contribution in [1.29, 1.82) is 5.26 Å². The second-order valence-electron chi connectivity index (χ2n) is 8.78. The Bertz CT molecular complexity index is 981. The number of carbonyl (C=O) groups is 2. The number of carbonyl (C=O) groups excluding carboxylic acids is 2. The van der Waals surface area contributed by atoms with Gasteiger partial charge in [-0.05, 0) is 56.9 Å². The Morgan fingerprint density at radius 3 is 2.42 bits per heavy atom. The van der Waals surface area contributed by atoms with Crippen LogP contribution in [0.25, 0.3) is 0 Å². The molecule has 1 amide bonds. The van der Waals surface area contributed by atoms with E-state index in [1.807, 2.05) is 29.0 Å². The lowest BCUT2D eigenvalue weighted by Gasteiger charge is -2.37. The van der Waals surface area contributed by atoms with Gasteiger partial charge in [-0.1, -0.05) is 30.3 Å². The zero-order valence-corrected chi connectivity index (χ0v) is 18.2. The van der Waals surface area contributed by atoms with E-state index in [9.17, 15) is 14.9 Å². The number of hydrogen-bond acceptors (Lipinski definition) is 4. The number of fused-ring (bicyclic) bond motifs is 1. The average Bonchev–Trinajstić information content (AvgIpc) is 3.20. The molecule has 1 saturated heterocycles. The second-order valence-corrected chi connectivity index (χ2v) is 8.78. The molecule has 162 valence electrons. The fourth-order valence-electron chi connectivity index (χ4n) is 4.81. The van der Waals surface area contributed by atoms with Crippen molar-refractivity contribution in [2.75, 3.05) is 33.2 Å². The first-order valence-corrected chi connectivity index (χ1v) is 11.2. The van der Waals surface area contributed by atoms with E-state index in [2.05, 4.69) is 23.1 Å². The summed E-state index contributed by atoms with van der Waals surface area (Å²) in [6.45, 7) is 4.07. The molecule has 1 fully saturated rings. The summed E-state index contributed by atoms with van der Waals surface area (Å²) in [5, 5.41) is 9.85. The van der Waals surface area contributed by atoms with E-state index in [1.54, 1.807) is 18.0 Å². The molecular weight excluding hydrogens is 388 g/mol. The van der Waals surface area contributed by atoms with Crippen LogP contribution in [0.1, 0.15) is 58.5 Å². The van der Waals surface area contributed by atoms with Crippen molar-refractivity contribution in [1.82, 2.24) is 14.4 Å². The number of likely N-dealkylation sites (tertiary alicyclic amines) is 1. The molecule has 0 bridgehead atoms. The number of piperidine rings is 1. The Hall–Kier alpha value is -2.91. The molecule has 0 saturated carbocycles. The number of ketones is 1. The second kappa shape index (κ2) is 9.07. The quantitative estimate of drug-likeness (QED) is 0.674. The number of aromatic nitrogens is 1. The van der Waals surface area contributed by atoms with Crippen molar-refractivity contribution < 1.29 is 9.59 Å². The summed E-state index contributed by atoms with van der Waals surface area (Å²) in [7, 11) is 1.76. The predicted molar refractivity (Wildman–Crippen MR) is 119 cm³/mol. The van der Waals surface area contributed by atoms with Gasteiger partial charge >= 0.3 is 0 Å². The molecule has 2 aliphatic rings. The van der Waals surface area contributed by atoms with E-state index in [1.165, 1.54) is 0 Å². The highest BCUT2D eigenvalue weighted by Gasteiger charge is 2.36. The number of Topliss-reactive ketones (excluding diaryl/α,β-unsaturated/α-hetero) is 1. The van der Waals surface area contributed by atoms with Gasteiger partial charge in [-0.3, -0.25) is 9.59 Å². The van der Waals surface area contributed by atoms with Crippen molar-refractivity contribution in [3.8, 4) is 6.07 Å². The Morgan fingerprint density at radius 1 is 1.00 bits per heavy atom. The van der Waals surface area contributed by atoms with Crippen LogP contribution in [0.3, 0.4) is 0 Å². The Kier molecular flexibility index (Phi) is 6.24. The first-order chi connectivity index (χ1) is 15.0. The van der Waals surface area contributed by atoms with E-state index < -0.39 is 0 Å². The maximum absolute atomic E-state index is 12.7. The van der Waals surface area contributed by atoms with Crippen LogP contribution in [0.4, 0.5) is 0 Å². The molecule has 31 heavy (non-hydrogen) atoms. The molecular formula is C25H30N4O2. The molecule has 0 radical (unpaired) electrons. The lowest BCUT2D eigenvalue weighted by atomic mass is 9.74. The number of amides is 1. The number of hydrogen-bond donors (Lipinski definition) is 0. The van der Waals surface area contributed by atoms with E-state index >= 15 is 0 Å². The largest absolute Gasteiger partial charge is 0.343 e. The van der Waals surface area contributed by atoms with Crippen LogP contribution in [-0.2, 0) is 12.0 Å². The molecule has 1 aromatic carbocycles. The first kappa shape index (κ1) is 21.3. The zero-order valence-electron chi connectivity index (χ0n) is 18.2. The smallest absolute Gasteiger partial charge is 0.270 e. The number of nitriles is 1. The first-order valence-electron chi connectivity index (χ1n) is 11.2. The number of benzene rings is 1. The normalized spacial score (nSPS) is 19.0. The van der Waals surface area contributed by atoms with Crippen LogP contribution in [0.2, 0.25) is 0 Å². The molecule has 0 aliphatic carbocycles. The topological polar surface area (TPSA) is 69.3 Å². The highest BCUT2D eigenvalue weighted by atomic mass is 16.2. The van der Waals surface area contributed by atoms with Crippen LogP contribution in [0, 0.1) is 11.3 Å². The standard InChI is InChI=1S/C25H30N4O2/c1-27-15-10-22(30)21-9-16-29(23(21)24(27)31)14-6-5-13-28-17-11-25(19-26,12-18-28)20-7-3-2-4-8-20/h2-4,7-9,16H,5-6,10-15,17-18H2,1H3. The molecule has 2 aliphatic heterocycles. The maximum atomic E-state index is 12.7. The lowest BCUT2D eigenvalue weighted by molar-refractivity contribution is 0.0787. The third kappa shape index (κ3) is 4.28. The number of nitrogens with zero attached hydrogens (tertiary/aromatic N) is 4. The molecule has 0 spiro atoms. The van der Waals surface area contributed by atoms with Gasteiger partial charge in [0.05, 0.1) is 11.5 Å². The average molecular weight is 419 g/mol. The van der Waals surface area contributed by atoms with Gasteiger partial charge in [-0.15, -0.1) is 0 Å². The van der Waals surface area contributed by atoms with Gasteiger partial charge < -0.3 is 14.4 Å². The third-order valence-electron chi connectivity index (χ3n) is 6.86. The van der Waals surface area contributed by atoms with Crippen LogP contribution in [0.5, 0.6) is 0 Å². The Labute approximate surface area is 184 Å². The molecule has 1 aromatic heterocycles. The van der Waals surface area contributed by atoms with Gasteiger partial charge in [0.2, 0.25) is 0 Å². The Morgan fingerprint density at radius 2 is 1.71 bits per heavy atom. The van der Waals surface area contributed by atoms with E-state index in [0.29, 0.717) is 24.2 Å². The number of aryl methyl sites for hydroxylation is 1. The molecule has 4 rings (SSSR count). The maximum Gasteiger partial charge on any atom is 0.270 e. The summed E-state index contributed by atoms with van der Waals surface area (Å²) in [5.41, 5.74) is 1.89. The summed E-state index contributed by atoms with van der Waals surface area (Å²) in [6, 6.07) is 14.6. The van der Waals surface area contributed by atoms with Gasteiger partial charge in [0.25, 0.3) is 5.91 Å². The summed E-state index contributed by atoms with van der Waals surface area (Å²) in [5.74, 6) is -0.00482. The molecule has 6 nitrogen and oxygen atoms in total. The van der Waals surface area contributed by atoms with Crippen molar-refractivity contribution >= 4 is 11.7 Å². The number of unbranched alkanes of at least 4 members (excludes halogenated alkanes) is 1. The van der Waals surface area contributed by atoms with Crippen molar-refractivity contribution in [3.63, 3.8) is 0 Å². The van der Waals surface area contributed by atoms with Crippen molar-refractivity contribution in [2.24, 2.45) is 0 Å². The van der Waals surface area contributed by atoms with Crippen molar-refractivity contribution in [3.05, 3.63) is 59.4 Å². The highest BCUT2D eigenvalue weighted by molar-refractivity contribution is 6.08. The monoisotopic (exact) mass is 418 g/mol. The van der Waals surface area contributed by atoms with Crippen LogP contribution in [0.15, 0.2) is 42.6 Å². The number of rotatable bonds is 6. The van der Waals surface area contributed by atoms with Gasteiger partial charge in [0.15, 0.2) is 5.78 Å². The molecule has 0 unspecified atom stereocenters. The van der Waals surface area contributed by atoms with Gasteiger partial charge in [-0.2, -0.15) is 5.26 Å². The molecule has 0 atom stereocenters. The third-order valence-corrected chi connectivity index (χ3v) is 6.86. The Balaban J connectivity index is 1.29. The molecule has 2 aromatic rings. The predicted octanol–water partition coefficient (Wildman–Crippen LogP) is 3.48. The minimum atomic E-state index is -0.362. The van der Waals surface area contributed by atoms with E-state index in [4.69, 9.17) is 0 Å². The summed E-state index contributed by atoms with van der Waals surface area (Å²) < 4.78 is 1.95. The summed E-state index contributed by atoms with van der Waals surface area (Å²) >= 11 is 0. The molecule has 0 N–H and O–H groups in total. The molecule has 3 heterocycles. The fourth-order valence-corrected chi connectivity index (χ4v) is 4.81. The minimum Gasteiger partial charge on any atom is -0.343 e. The summed E-state index contributed by atoms with van der Waals surface area (Å²) in [4.78, 5) is 29.1. The van der Waals surface area contributed by atoms with E-state index in [-0.39, 0.29) is 17.1 Å². The van der Waals surface area contributed by atoms with Gasteiger partial charge in [0, 0.05) is 38.3 Å². The van der Waals surface area contributed by atoms with Gasteiger partial charge in [0.1, 0.15) is 5.69 Å². The van der Waals surface area contributed by atoms with Crippen LogP contribution >= 0.6 is 0 Å². The SMILES string of the molecule is CN1CCC(=O)c2ccn(CCCCN3CCC(C#N)(c4ccccc4)CC3)c2C1=O. The lowest BCUT2D eigenvalue weighted by Crippen LogP contribution is -2.42. The van der Waals surface area contributed by atoms with E-state index in [0.717, 1.165) is 57.4 Å². The highest BCUT2D eigenvalue weighted by Crippen LogP contribution is 2.34. The van der Waals surface area contributed by atoms with Crippen molar-refractivity contribution in [2.45, 2.75) is 44.1 Å².